The van der Waals surface area contributed by atoms with Crippen LogP contribution < -0.4 is 0 Å². The SMILES string of the molecule is CC(C)C(F)(F)C(O)C(F)(F)F. The molecule has 1 atom stereocenters. The Balaban J connectivity index is 4.57. The molecule has 1 unspecified atom stereocenters. The summed E-state index contributed by atoms with van der Waals surface area (Å²) in [4.78, 5) is 0. The smallest absolute Gasteiger partial charge is 0.379 e. The molecule has 0 spiro atoms. The van der Waals surface area contributed by atoms with Crippen LogP contribution in [0, 0.1) is 5.92 Å². The van der Waals surface area contributed by atoms with E-state index in [2.05, 4.69) is 0 Å². The Bertz CT molecular complexity index is 151. The summed E-state index contributed by atoms with van der Waals surface area (Å²) < 4.78 is 59.7. The molecular weight excluding hydrogens is 183 g/mol. The van der Waals surface area contributed by atoms with Gasteiger partial charge < -0.3 is 5.11 Å². The van der Waals surface area contributed by atoms with Crippen LogP contribution >= 0.6 is 0 Å². The highest BCUT2D eigenvalue weighted by atomic mass is 19.4. The second kappa shape index (κ2) is 3.16. The molecular formula is C6H9F5O. The van der Waals surface area contributed by atoms with E-state index in [-0.39, 0.29) is 0 Å². The van der Waals surface area contributed by atoms with Crippen molar-refractivity contribution in [1.29, 1.82) is 0 Å². The van der Waals surface area contributed by atoms with Gasteiger partial charge in [-0.25, -0.2) is 8.78 Å². The molecule has 0 amide bonds. The van der Waals surface area contributed by atoms with Gasteiger partial charge in [-0.2, -0.15) is 13.2 Å². The van der Waals surface area contributed by atoms with Crippen LogP contribution in [0.15, 0.2) is 0 Å². The van der Waals surface area contributed by atoms with E-state index in [1.165, 1.54) is 0 Å². The average Bonchev–Trinajstić information content (AvgIpc) is 1.83. The minimum atomic E-state index is -5.27. The number of hydrogen-bond donors (Lipinski definition) is 1. The van der Waals surface area contributed by atoms with E-state index in [0.29, 0.717) is 0 Å². The monoisotopic (exact) mass is 192 g/mol. The Kier molecular flexibility index (Phi) is 3.06. The maximum atomic E-state index is 12.5. The highest BCUT2D eigenvalue weighted by Crippen LogP contribution is 2.36. The number of alkyl halides is 5. The first-order valence-corrected chi connectivity index (χ1v) is 3.22. The Morgan fingerprint density at radius 1 is 1.00 bits per heavy atom. The lowest BCUT2D eigenvalue weighted by Gasteiger charge is -2.27. The molecule has 0 aromatic rings. The predicted octanol–water partition coefficient (Wildman–Crippen LogP) is 2.20. The van der Waals surface area contributed by atoms with Gasteiger partial charge in [0, 0.05) is 5.92 Å². The second-order valence-electron chi connectivity index (χ2n) is 2.77. The topological polar surface area (TPSA) is 20.2 Å². The van der Waals surface area contributed by atoms with Crippen LogP contribution in [0.25, 0.3) is 0 Å². The van der Waals surface area contributed by atoms with Crippen LogP contribution in [-0.2, 0) is 0 Å². The molecule has 0 aliphatic rings. The fourth-order valence-electron chi connectivity index (χ4n) is 0.534. The van der Waals surface area contributed by atoms with Crippen molar-refractivity contribution < 1.29 is 27.1 Å². The lowest BCUT2D eigenvalue weighted by molar-refractivity contribution is -0.279. The van der Waals surface area contributed by atoms with Crippen LogP contribution in [0.5, 0.6) is 0 Å². The molecule has 0 heterocycles. The number of aliphatic hydroxyl groups is 1. The molecule has 12 heavy (non-hydrogen) atoms. The van der Waals surface area contributed by atoms with E-state index < -0.39 is 24.1 Å². The first-order chi connectivity index (χ1) is 5.10. The van der Waals surface area contributed by atoms with E-state index in [4.69, 9.17) is 5.11 Å². The summed E-state index contributed by atoms with van der Waals surface area (Å²) in [5.74, 6) is -5.67. The second-order valence-corrected chi connectivity index (χ2v) is 2.77. The molecule has 0 aliphatic carbocycles. The summed E-state index contributed by atoms with van der Waals surface area (Å²) >= 11 is 0. The van der Waals surface area contributed by atoms with E-state index in [1.807, 2.05) is 0 Å². The lowest BCUT2D eigenvalue weighted by atomic mass is 10.0. The Hall–Kier alpha value is -0.390. The van der Waals surface area contributed by atoms with Gasteiger partial charge >= 0.3 is 6.18 Å². The maximum absolute atomic E-state index is 12.5. The van der Waals surface area contributed by atoms with Crippen molar-refractivity contribution in [2.24, 2.45) is 5.92 Å². The molecule has 0 radical (unpaired) electrons. The molecule has 0 aromatic carbocycles. The summed E-state index contributed by atoms with van der Waals surface area (Å²) in [6.07, 6.45) is -8.85. The largest absolute Gasteiger partial charge is 0.420 e. The van der Waals surface area contributed by atoms with Crippen molar-refractivity contribution in [1.82, 2.24) is 0 Å². The maximum Gasteiger partial charge on any atom is 0.420 e. The van der Waals surface area contributed by atoms with Crippen molar-refractivity contribution in [2.45, 2.75) is 32.1 Å². The minimum absolute atomic E-state index is 0.912. The van der Waals surface area contributed by atoms with E-state index in [1.54, 1.807) is 0 Å². The van der Waals surface area contributed by atoms with E-state index >= 15 is 0 Å². The van der Waals surface area contributed by atoms with Gasteiger partial charge in [0.1, 0.15) is 0 Å². The first-order valence-electron chi connectivity index (χ1n) is 3.22. The van der Waals surface area contributed by atoms with Gasteiger partial charge in [-0.1, -0.05) is 13.8 Å². The summed E-state index contributed by atoms with van der Waals surface area (Å²) in [5, 5.41) is 8.21. The number of rotatable bonds is 2. The molecule has 1 nitrogen and oxygen atoms in total. The van der Waals surface area contributed by atoms with Crippen LogP contribution in [0.1, 0.15) is 13.8 Å². The first kappa shape index (κ1) is 11.6. The summed E-state index contributed by atoms with van der Waals surface area (Å²) in [7, 11) is 0. The molecule has 0 aliphatic heterocycles. The molecule has 0 saturated heterocycles. The molecule has 0 aromatic heterocycles. The molecule has 74 valence electrons. The fraction of sp³-hybridized carbons (Fsp3) is 1.00. The van der Waals surface area contributed by atoms with Crippen LogP contribution in [-0.4, -0.2) is 23.3 Å². The van der Waals surface area contributed by atoms with Crippen LogP contribution in [0.2, 0.25) is 0 Å². The van der Waals surface area contributed by atoms with Gasteiger partial charge in [0.25, 0.3) is 5.92 Å². The van der Waals surface area contributed by atoms with Crippen LogP contribution in [0.3, 0.4) is 0 Å². The summed E-state index contributed by atoms with van der Waals surface area (Å²) in [6.45, 7) is 1.82. The Labute approximate surface area is 66.2 Å². The molecule has 0 saturated carbocycles. The van der Waals surface area contributed by atoms with E-state index in [9.17, 15) is 22.0 Å². The molecule has 0 bridgehead atoms. The van der Waals surface area contributed by atoms with Crippen molar-refractivity contribution in [2.75, 3.05) is 0 Å². The molecule has 0 fully saturated rings. The standard InChI is InChI=1S/C6H9F5O/c1-3(2)5(7,8)4(12)6(9,10)11/h3-4,12H,1-2H3. The third kappa shape index (κ3) is 2.30. The van der Waals surface area contributed by atoms with Gasteiger partial charge in [-0.05, 0) is 0 Å². The van der Waals surface area contributed by atoms with Gasteiger partial charge in [0.15, 0.2) is 0 Å². The highest BCUT2D eigenvalue weighted by Gasteiger charge is 2.56. The predicted molar refractivity (Wildman–Crippen MR) is 31.8 cm³/mol. The van der Waals surface area contributed by atoms with Gasteiger partial charge in [-0.15, -0.1) is 0 Å². The lowest BCUT2D eigenvalue weighted by Crippen LogP contribution is -2.47. The Morgan fingerprint density at radius 3 is 1.42 bits per heavy atom. The number of aliphatic hydroxyl groups excluding tert-OH is 1. The normalized spacial score (nSPS) is 16.8. The van der Waals surface area contributed by atoms with Crippen LogP contribution in [0.4, 0.5) is 22.0 Å². The van der Waals surface area contributed by atoms with Gasteiger partial charge in [0.05, 0.1) is 0 Å². The number of hydrogen-bond acceptors (Lipinski definition) is 1. The highest BCUT2D eigenvalue weighted by molar-refractivity contribution is 4.84. The van der Waals surface area contributed by atoms with Gasteiger partial charge in [0.2, 0.25) is 6.10 Å². The molecule has 0 rings (SSSR count). The molecule has 1 N–H and O–H groups in total. The van der Waals surface area contributed by atoms with Crippen molar-refractivity contribution in [3.8, 4) is 0 Å². The van der Waals surface area contributed by atoms with Crippen molar-refractivity contribution in [3.05, 3.63) is 0 Å². The third-order valence-electron chi connectivity index (χ3n) is 1.44. The zero-order chi connectivity index (χ0) is 10.2. The third-order valence-corrected chi connectivity index (χ3v) is 1.44. The van der Waals surface area contributed by atoms with Crippen molar-refractivity contribution >= 4 is 0 Å². The average molecular weight is 192 g/mol. The van der Waals surface area contributed by atoms with Gasteiger partial charge in [-0.3, -0.25) is 0 Å². The zero-order valence-corrected chi connectivity index (χ0v) is 6.49. The number of halogens is 5. The molecule has 6 heteroatoms. The minimum Gasteiger partial charge on any atom is -0.379 e. The Morgan fingerprint density at radius 2 is 1.33 bits per heavy atom. The van der Waals surface area contributed by atoms with Crippen molar-refractivity contribution in [3.63, 3.8) is 0 Å². The summed E-state index contributed by atoms with van der Waals surface area (Å²) in [6, 6.07) is 0. The quantitative estimate of drug-likeness (QED) is 0.665. The van der Waals surface area contributed by atoms with E-state index in [0.717, 1.165) is 13.8 Å². The fourth-order valence-corrected chi connectivity index (χ4v) is 0.534. The zero-order valence-electron chi connectivity index (χ0n) is 6.49. The summed E-state index contributed by atoms with van der Waals surface area (Å²) in [5.41, 5.74) is 0.